The van der Waals surface area contributed by atoms with Crippen molar-refractivity contribution in [2.75, 3.05) is 62.4 Å². The standard InChI is InChI=1S/C26H29N7O2S/c1-18-23(36-17-19-2-3-22(28-15-19)32-6-10-34-11-7-32)26(33-8-12-35-13-9-33)31-25(30-18)21-14-20-4-5-27-24(20)29-16-21/h2-5,14-16H,6-13,17H2,1H3,(H,27,29). The number of rotatable bonds is 6. The maximum absolute atomic E-state index is 5.61. The third kappa shape index (κ3) is 4.88. The molecule has 6 heterocycles. The summed E-state index contributed by atoms with van der Waals surface area (Å²) in [5.74, 6) is 3.48. The van der Waals surface area contributed by atoms with Crippen LogP contribution in [0.2, 0.25) is 0 Å². The lowest BCUT2D eigenvalue weighted by Crippen LogP contribution is -2.37. The topological polar surface area (TPSA) is 92.3 Å². The summed E-state index contributed by atoms with van der Waals surface area (Å²) in [5.41, 5.74) is 3.93. The molecule has 186 valence electrons. The number of nitrogens with one attached hydrogen (secondary N) is 1. The van der Waals surface area contributed by atoms with Gasteiger partial charge in [-0.05, 0) is 30.7 Å². The molecular formula is C26H29N7O2S. The van der Waals surface area contributed by atoms with E-state index in [1.807, 2.05) is 24.7 Å². The van der Waals surface area contributed by atoms with Crippen LogP contribution < -0.4 is 9.80 Å². The zero-order chi connectivity index (χ0) is 24.3. The maximum Gasteiger partial charge on any atom is 0.163 e. The molecule has 1 N–H and O–H groups in total. The number of fused-ring (bicyclic) bond motifs is 1. The van der Waals surface area contributed by atoms with E-state index in [1.54, 1.807) is 11.8 Å². The molecule has 2 aliphatic rings. The number of ether oxygens (including phenoxy) is 2. The molecule has 0 aliphatic carbocycles. The second kappa shape index (κ2) is 10.4. The van der Waals surface area contributed by atoms with E-state index < -0.39 is 0 Å². The molecule has 2 saturated heterocycles. The van der Waals surface area contributed by atoms with E-state index in [0.717, 1.165) is 84.0 Å². The SMILES string of the molecule is Cc1nc(-c2cnc3[nH]ccc3c2)nc(N2CCOCC2)c1SCc1ccc(N2CCOCC2)nc1. The minimum Gasteiger partial charge on any atom is -0.378 e. The summed E-state index contributed by atoms with van der Waals surface area (Å²) in [5, 5.41) is 1.05. The Labute approximate surface area is 214 Å². The number of aromatic nitrogens is 5. The molecular weight excluding hydrogens is 474 g/mol. The van der Waals surface area contributed by atoms with Crippen molar-refractivity contribution in [2.24, 2.45) is 0 Å². The van der Waals surface area contributed by atoms with Gasteiger partial charge in [0.1, 0.15) is 17.3 Å². The minimum absolute atomic E-state index is 0.700. The zero-order valence-electron chi connectivity index (χ0n) is 20.3. The lowest BCUT2D eigenvalue weighted by molar-refractivity contribution is 0.122. The van der Waals surface area contributed by atoms with E-state index in [4.69, 9.17) is 24.4 Å². The normalized spacial score (nSPS) is 16.6. The number of thioether (sulfide) groups is 1. The van der Waals surface area contributed by atoms with Crippen LogP contribution in [-0.2, 0) is 15.2 Å². The van der Waals surface area contributed by atoms with Crippen molar-refractivity contribution in [3.8, 4) is 11.4 Å². The van der Waals surface area contributed by atoms with Gasteiger partial charge in [-0.2, -0.15) is 0 Å². The smallest absolute Gasteiger partial charge is 0.163 e. The molecule has 2 aliphatic heterocycles. The molecule has 10 heteroatoms. The van der Waals surface area contributed by atoms with Gasteiger partial charge in [-0.15, -0.1) is 11.8 Å². The van der Waals surface area contributed by atoms with Crippen LogP contribution in [0.15, 0.2) is 47.8 Å². The van der Waals surface area contributed by atoms with Crippen molar-refractivity contribution < 1.29 is 9.47 Å². The van der Waals surface area contributed by atoms with Crippen LogP contribution >= 0.6 is 11.8 Å². The molecule has 0 radical (unpaired) electrons. The molecule has 36 heavy (non-hydrogen) atoms. The Kier molecular flexibility index (Phi) is 6.71. The molecule has 0 atom stereocenters. The number of morpholine rings is 2. The molecule has 9 nitrogen and oxygen atoms in total. The number of aromatic amines is 1. The third-order valence-corrected chi connectivity index (χ3v) is 7.76. The van der Waals surface area contributed by atoms with E-state index >= 15 is 0 Å². The Morgan fingerprint density at radius 1 is 0.917 bits per heavy atom. The van der Waals surface area contributed by atoms with Crippen LogP contribution in [0.1, 0.15) is 11.3 Å². The van der Waals surface area contributed by atoms with E-state index in [1.165, 1.54) is 5.56 Å². The van der Waals surface area contributed by atoms with E-state index in [9.17, 15) is 0 Å². The number of pyridine rings is 2. The lowest BCUT2D eigenvalue weighted by Gasteiger charge is -2.30. The number of aryl methyl sites for hydroxylation is 1. The minimum atomic E-state index is 0.700. The summed E-state index contributed by atoms with van der Waals surface area (Å²) in [4.78, 5) is 28.0. The van der Waals surface area contributed by atoms with Gasteiger partial charge in [0.2, 0.25) is 0 Å². The second-order valence-electron chi connectivity index (χ2n) is 8.94. The Morgan fingerprint density at radius 3 is 2.44 bits per heavy atom. The number of hydrogen-bond donors (Lipinski definition) is 1. The fraction of sp³-hybridized carbons (Fsp3) is 0.385. The Bertz CT molecular complexity index is 1330. The first-order valence-electron chi connectivity index (χ1n) is 12.3. The fourth-order valence-corrected chi connectivity index (χ4v) is 5.57. The molecule has 2 fully saturated rings. The lowest BCUT2D eigenvalue weighted by atomic mass is 10.2. The van der Waals surface area contributed by atoms with Gasteiger partial charge in [0.05, 0.1) is 37.0 Å². The summed E-state index contributed by atoms with van der Waals surface area (Å²) >= 11 is 1.77. The number of nitrogens with zero attached hydrogens (tertiary/aromatic N) is 6. The van der Waals surface area contributed by atoms with Gasteiger partial charge in [0, 0.05) is 61.5 Å². The Hall–Kier alpha value is -3.21. The highest BCUT2D eigenvalue weighted by molar-refractivity contribution is 7.98. The Balaban J connectivity index is 1.27. The highest BCUT2D eigenvalue weighted by atomic mass is 32.2. The molecule has 0 spiro atoms. The highest BCUT2D eigenvalue weighted by Gasteiger charge is 2.21. The molecule has 6 rings (SSSR count). The predicted molar refractivity (Wildman–Crippen MR) is 142 cm³/mol. The first-order chi connectivity index (χ1) is 17.7. The summed E-state index contributed by atoms with van der Waals surface area (Å²) < 4.78 is 11.1. The average Bonchev–Trinajstić information content (AvgIpc) is 3.41. The molecule has 0 aromatic carbocycles. The molecule has 4 aromatic rings. The van der Waals surface area contributed by atoms with E-state index in [-0.39, 0.29) is 0 Å². The highest BCUT2D eigenvalue weighted by Crippen LogP contribution is 2.35. The van der Waals surface area contributed by atoms with Crippen LogP contribution in [0.3, 0.4) is 0 Å². The fourth-order valence-electron chi connectivity index (χ4n) is 4.53. The predicted octanol–water partition coefficient (Wildman–Crippen LogP) is 3.69. The van der Waals surface area contributed by atoms with Crippen molar-refractivity contribution in [1.29, 1.82) is 0 Å². The molecule has 0 bridgehead atoms. The van der Waals surface area contributed by atoms with Gasteiger partial charge in [-0.1, -0.05) is 6.07 Å². The van der Waals surface area contributed by atoms with Crippen LogP contribution in [0.4, 0.5) is 11.6 Å². The van der Waals surface area contributed by atoms with Crippen molar-refractivity contribution in [1.82, 2.24) is 24.9 Å². The van der Waals surface area contributed by atoms with Crippen molar-refractivity contribution in [2.45, 2.75) is 17.6 Å². The first-order valence-corrected chi connectivity index (χ1v) is 13.3. The van der Waals surface area contributed by atoms with Crippen molar-refractivity contribution in [3.63, 3.8) is 0 Å². The average molecular weight is 504 g/mol. The van der Waals surface area contributed by atoms with E-state index in [0.29, 0.717) is 19.0 Å². The van der Waals surface area contributed by atoms with Gasteiger partial charge in [0.15, 0.2) is 5.82 Å². The molecule has 0 unspecified atom stereocenters. The van der Waals surface area contributed by atoms with Gasteiger partial charge < -0.3 is 24.3 Å². The van der Waals surface area contributed by atoms with Gasteiger partial charge in [-0.25, -0.2) is 19.9 Å². The van der Waals surface area contributed by atoms with Crippen LogP contribution in [-0.4, -0.2) is 77.5 Å². The van der Waals surface area contributed by atoms with Gasteiger partial charge in [0.25, 0.3) is 0 Å². The third-order valence-electron chi connectivity index (χ3n) is 6.51. The summed E-state index contributed by atoms with van der Waals surface area (Å²) in [6.07, 6.45) is 5.72. The number of anilines is 2. The van der Waals surface area contributed by atoms with Crippen molar-refractivity contribution >= 4 is 34.4 Å². The number of H-pyrrole nitrogens is 1. The zero-order valence-corrected chi connectivity index (χ0v) is 21.1. The summed E-state index contributed by atoms with van der Waals surface area (Å²) in [6, 6.07) is 8.39. The number of hydrogen-bond acceptors (Lipinski definition) is 9. The molecule has 0 amide bonds. The molecule has 0 saturated carbocycles. The monoisotopic (exact) mass is 503 g/mol. The van der Waals surface area contributed by atoms with Crippen LogP contribution in [0.25, 0.3) is 22.4 Å². The maximum atomic E-state index is 5.61. The Morgan fingerprint density at radius 2 is 1.69 bits per heavy atom. The first kappa shape index (κ1) is 23.2. The molecule has 4 aromatic heterocycles. The summed E-state index contributed by atoms with van der Waals surface area (Å²) in [6.45, 7) is 8.39. The largest absolute Gasteiger partial charge is 0.378 e. The van der Waals surface area contributed by atoms with Crippen LogP contribution in [0.5, 0.6) is 0 Å². The van der Waals surface area contributed by atoms with Gasteiger partial charge in [-0.3, -0.25) is 0 Å². The summed E-state index contributed by atoms with van der Waals surface area (Å²) in [7, 11) is 0. The quantitative estimate of drug-likeness (QED) is 0.396. The van der Waals surface area contributed by atoms with Crippen molar-refractivity contribution in [3.05, 3.63) is 54.1 Å². The second-order valence-corrected chi connectivity index (χ2v) is 9.92. The van der Waals surface area contributed by atoms with Gasteiger partial charge >= 0.3 is 0 Å². The van der Waals surface area contributed by atoms with E-state index in [2.05, 4.69) is 44.9 Å². The van der Waals surface area contributed by atoms with Crippen LogP contribution in [0, 0.1) is 6.92 Å².